The Morgan fingerprint density at radius 1 is 0.862 bits per heavy atom. The fraction of sp³-hybridized carbons (Fsp3) is 0.808. The second-order valence-electron chi connectivity index (χ2n) is 9.47. The zero-order valence-corrected chi connectivity index (χ0v) is 21.0. The van der Waals surface area contributed by atoms with Gasteiger partial charge in [0.1, 0.15) is 6.04 Å². The fourth-order valence-corrected chi connectivity index (χ4v) is 5.15. The Morgan fingerprint density at radius 2 is 1.41 bits per heavy atom. The van der Waals surface area contributed by atoms with Gasteiger partial charge in [0.25, 0.3) is 0 Å². The van der Waals surface area contributed by atoms with Gasteiger partial charge in [-0.1, -0.05) is 90.0 Å². The van der Waals surface area contributed by atoms with Crippen LogP contribution in [-0.4, -0.2) is 29.6 Å². The van der Waals surface area contributed by atoms with Crippen molar-refractivity contribution in [2.75, 3.05) is 20.1 Å². The van der Waals surface area contributed by atoms with Gasteiger partial charge in [-0.25, -0.2) is 0 Å². The molecule has 1 aliphatic rings. The molecule has 1 aromatic heterocycles. The summed E-state index contributed by atoms with van der Waals surface area (Å²) in [5.74, 6) is 0. The molecule has 29 heavy (non-hydrogen) atoms. The van der Waals surface area contributed by atoms with Crippen LogP contribution in [0.2, 0.25) is 0 Å². The van der Waals surface area contributed by atoms with E-state index in [9.17, 15) is 0 Å². The van der Waals surface area contributed by atoms with Gasteiger partial charge in [-0.3, -0.25) is 4.98 Å². The summed E-state index contributed by atoms with van der Waals surface area (Å²) >= 11 is 0. The van der Waals surface area contributed by atoms with E-state index >= 15 is 0 Å². The summed E-state index contributed by atoms with van der Waals surface area (Å²) < 4.78 is 1.24. The molecular weight excluding hydrogens is 420 g/mol. The number of hydrogen-bond acceptors (Lipinski definition) is 1. The van der Waals surface area contributed by atoms with Gasteiger partial charge in [0.2, 0.25) is 0 Å². The summed E-state index contributed by atoms with van der Waals surface area (Å²) in [5.41, 5.74) is 1.45. The van der Waals surface area contributed by atoms with E-state index in [2.05, 4.69) is 37.3 Å². The maximum atomic E-state index is 4.36. The highest BCUT2D eigenvalue weighted by atomic mass is 79.9. The third-order valence-corrected chi connectivity index (χ3v) is 6.99. The SMILES string of the molecule is CCCCCCCCCCCCCCCC[N+]1(C)CCCC1c1cccnc1.[Br-]. The molecule has 2 rings (SSSR count). The van der Waals surface area contributed by atoms with E-state index < -0.39 is 0 Å². The van der Waals surface area contributed by atoms with E-state index in [-0.39, 0.29) is 17.0 Å². The minimum Gasteiger partial charge on any atom is -1.00 e. The van der Waals surface area contributed by atoms with Crippen LogP contribution in [0.3, 0.4) is 0 Å². The van der Waals surface area contributed by atoms with Crippen LogP contribution in [0.4, 0.5) is 0 Å². The molecular formula is C26H47BrN2. The van der Waals surface area contributed by atoms with Crippen LogP contribution < -0.4 is 17.0 Å². The molecule has 0 spiro atoms. The van der Waals surface area contributed by atoms with Gasteiger partial charge < -0.3 is 21.5 Å². The first-order valence-corrected chi connectivity index (χ1v) is 12.5. The molecule has 0 aliphatic carbocycles. The number of aromatic nitrogens is 1. The number of halogens is 1. The molecule has 0 saturated carbocycles. The Morgan fingerprint density at radius 3 is 1.93 bits per heavy atom. The number of unbranched alkanes of at least 4 members (excludes halogenated alkanes) is 13. The van der Waals surface area contributed by atoms with E-state index in [0.29, 0.717) is 6.04 Å². The van der Waals surface area contributed by atoms with E-state index in [1.165, 1.54) is 126 Å². The molecule has 1 aromatic rings. The van der Waals surface area contributed by atoms with Crippen LogP contribution >= 0.6 is 0 Å². The second-order valence-corrected chi connectivity index (χ2v) is 9.47. The van der Waals surface area contributed by atoms with Crippen molar-refractivity contribution in [3.8, 4) is 0 Å². The first kappa shape index (κ1) is 26.6. The molecule has 168 valence electrons. The molecule has 0 amide bonds. The van der Waals surface area contributed by atoms with Crippen LogP contribution in [0.1, 0.15) is 121 Å². The van der Waals surface area contributed by atoms with Crippen molar-refractivity contribution in [2.24, 2.45) is 0 Å². The van der Waals surface area contributed by atoms with Gasteiger partial charge in [-0.2, -0.15) is 0 Å². The monoisotopic (exact) mass is 466 g/mol. The predicted molar refractivity (Wildman–Crippen MR) is 122 cm³/mol. The van der Waals surface area contributed by atoms with E-state index in [0.717, 1.165) is 0 Å². The zero-order chi connectivity index (χ0) is 19.9. The highest BCUT2D eigenvalue weighted by molar-refractivity contribution is 5.12. The summed E-state index contributed by atoms with van der Waals surface area (Å²) in [6.07, 6.45) is 26.9. The molecule has 1 fully saturated rings. The minimum absolute atomic E-state index is 0. The molecule has 0 radical (unpaired) electrons. The molecule has 0 N–H and O–H groups in total. The quantitative estimate of drug-likeness (QED) is 0.250. The molecule has 3 heteroatoms. The van der Waals surface area contributed by atoms with Gasteiger partial charge in [0.05, 0.1) is 20.1 Å². The van der Waals surface area contributed by atoms with Crippen LogP contribution in [-0.2, 0) is 0 Å². The molecule has 1 aliphatic heterocycles. The first-order valence-electron chi connectivity index (χ1n) is 12.5. The number of nitrogens with zero attached hydrogens (tertiary/aromatic N) is 2. The summed E-state index contributed by atoms with van der Waals surface area (Å²) in [7, 11) is 2.48. The molecule has 0 bridgehead atoms. The topological polar surface area (TPSA) is 12.9 Å². The largest absolute Gasteiger partial charge is 1.00 e. The van der Waals surface area contributed by atoms with Crippen molar-refractivity contribution < 1.29 is 21.5 Å². The maximum absolute atomic E-state index is 4.36. The minimum atomic E-state index is 0. The van der Waals surface area contributed by atoms with Crippen LogP contribution in [0.25, 0.3) is 0 Å². The Kier molecular flexibility index (Phi) is 15.0. The Labute approximate surface area is 192 Å². The number of quaternary nitrogens is 1. The third kappa shape index (κ3) is 10.4. The summed E-state index contributed by atoms with van der Waals surface area (Å²) in [6, 6.07) is 5.06. The van der Waals surface area contributed by atoms with Crippen molar-refractivity contribution in [3.05, 3.63) is 30.1 Å². The smallest absolute Gasteiger partial charge is 0.116 e. The lowest BCUT2D eigenvalue weighted by Crippen LogP contribution is -3.00. The van der Waals surface area contributed by atoms with E-state index in [1.54, 1.807) is 0 Å². The second kappa shape index (κ2) is 16.3. The molecule has 1 saturated heterocycles. The van der Waals surface area contributed by atoms with Gasteiger partial charge in [0.15, 0.2) is 0 Å². The van der Waals surface area contributed by atoms with Gasteiger partial charge in [-0.15, -0.1) is 0 Å². The zero-order valence-electron chi connectivity index (χ0n) is 19.4. The van der Waals surface area contributed by atoms with Crippen LogP contribution in [0.5, 0.6) is 0 Å². The molecule has 2 unspecified atom stereocenters. The van der Waals surface area contributed by atoms with Gasteiger partial charge >= 0.3 is 0 Å². The lowest BCUT2D eigenvalue weighted by molar-refractivity contribution is -0.927. The average Bonchev–Trinajstić information content (AvgIpc) is 3.10. The van der Waals surface area contributed by atoms with Crippen molar-refractivity contribution in [3.63, 3.8) is 0 Å². The van der Waals surface area contributed by atoms with E-state index in [1.807, 2.05) is 6.20 Å². The number of rotatable bonds is 16. The van der Waals surface area contributed by atoms with Gasteiger partial charge in [0, 0.05) is 30.8 Å². The maximum Gasteiger partial charge on any atom is 0.116 e. The van der Waals surface area contributed by atoms with Crippen molar-refractivity contribution in [1.29, 1.82) is 0 Å². The fourth-order valence-electron chi connectivity index (χ4n) is 5.15. The molecule has 0 aromatic carbocycles. The standard InChI is InChI=1S/C26H47N2.BrH/c1-3-4-5-6-7-8-9-10-11-12-13-14-15-16-22-28(2)23-18-20-26(28)25-19-17-21-27-24-25;/h17,19,21,24,26H,3-16,18,20,22-23H2,1-2H3;1H/q+1;/p-1. The number of pyridine rings is 1. The number of hydrogen-bond donors (Lipinski definition) is 0. The van der Waals surface area contributed by atoms with Gasteiger partial charge in [-0.05, 0) is 18.9 Å². The Hall–Kier alpha value is -0.410. The Balaban J connectivity index is 0.00000420. The third-order valence-electron chi connectivity index (χ3n) is 6.99. The van der Waals surface area contributed by atoms with Crippen molar-refractivity contribution in [1.82, 2.24) is 4.98 Å². The summed E-state index contributed by atoms with van der Waals surface area (Å²) in [4.78, 5) is 4.36. The van der Waals surface area contributed by atoms with Crippen LogP contribution in [0, 0.1) is 0 Å². The first-order chi connectivity index (χ1) is 13.8. The highest BCUT2D eigenvalue weighted by Crippen LogP contribution is 2.37. The summed E-state index contributed by atoms with van der Waals surface area (Å²) in [6.45, 7) is 4.99. The molecule has 2 atom stereocenters. The lowest BCUT2D eigenvalue weighted by Gasteiger charge is -2.36. The van der Waals surface area contributed by atoms with E-state index in [4.69, 9.17) is 0 Å². The van der Waals surface area contributed by atoms with Crippen LogP contribution in [0.15, 0.2) is 24.5 Å². The van der Waals surface area contributed by atoms with Crippen molar-refractivity contribution in [2.45, 2.75) is 116 Å². The highest BCUT2D eigenvalue weighted by Gasteiger charge is 2.38. The molecule has 2 nitrogen and oxygen atoms in total. The molecule has 2 heterocycles. The summed E-state index contributed by atoms with van der Waals surface area (Å²) in [5, 5.41) is 0. The number of likely N-dealkylation sites (tertiary alicyclic amines) is 1. The average molecular weight is 468 g/mol. The normalized spacial score (nSPS) is 21.2. The van der Waals surface area contributed by atoms with Crippen molar-refractivity contribution >= 4 is 0 Å². The predicted octanol–water partition coefficient (Wildman–Crippen LogP) is 4.85. The Bertz CT molecular complexity index is 493. The lowest BCUT2D eigenvalue weighted by atomic mass is 10.0.